The van der Waals surface area contributed by atoms with E-state index in [9.17, 15) is 9.90 Å². The van der Waals surface area contributed by atoms with Crippen LogP contribution < -0.4 is 5.32 Å². The first-order valence-electron chi connectivity index (χ1n) is 7.41. The van der Waals surface area contributed by atoms with Crippen LogP contribution >= 0.6 is 0 Å². The van der Waals surface area contributed by atoms with Crippen molar-refractivity contribution < 1.29 is 9.90 Å². The molecule has 1 aromatic carbocycles. The molecule has 4 heteroatoms. The molecule has 1 aliphatic rings. The predicted molar refractivity (Wildman–Crippen MR) is 79.7 cm³/mol. The van der Waals surface area contributed by atoms with Gasteiger partial charge in [0.2, 0.25) is 5.91 Å². The lowest BCUT2D eigenvalue weighted by Crippen LogP contribution is -2.38. The summed E-state index contributed by atoms with van der Waals surface area (Å²) in [7, 11) is 1.98. The Labute approximate surface area is 120 Å². The number of phenolic OH excluding ortho intramolecular Hbond substituents is 1. The van der Waals surface area contributed by atoms with Crippen molar-refractivity contribution >= 4 is 5.91 Å². The lowest BCUT2D eigenvalue weighted by Gasteiger charge is -2.33. The molecule has 2 N–H and O–H groups in total. The molecule has 0 saturated carbocycles. The molecular weight excluding hydrogens is 252 g/mol. The molecule has 0 heterocycles. The van der Waals surface area contributed by atoms with Gasteiger partial charge in [-0.1, -0.05) is 19.1 Å². The number of carbonyl (C=O) groups is 1. The Kier molecular flexibility index (Phi) is 5.01. The summed E-state index contributed by atoms with van der Waals surface area (Å²) in [6.45, 7) is 3.18. The second kappa shape index (κ2) is 6.75. The predicted octanol–water partition coefficient (Wildman–Crippen LogP) is 2.23. The summed E-state index contributed by atoms with van der Waals surface area (Å²) < 4.78 is 0. The zero-order valence-corrected chi connectivity index (χ0v) is 12.4. The highest BCUT2D eigenvalue weighted by molar-refractivity contribution is 5.78. The number of hydrogen-bond acceptors (Lipinski definition) is 3. The molecule has 1 atom stereocenters. The summed E-state index contributed by atoms with van der Waals surface area (Å²) in [4.78, 5) is 13.9. The molecule has 20 heavy (non-hydrogen) atoms. The van der Waals surface area contributed by atoms with Crippen molar-refractivity contribution in [1.29, 1.82) is 0 Å². The van der Waals surface area contributed by atoms with E-state index in [1.807, 2.05) is 20.0 Å². The van der Waals surface area contributed by atoms with Crippen LogP contribution in [0.1, 0.15) is 43.4 Å². The zero-order chi connectivity index (χ0) is 14.5. The van der Waals surface area contributed by atoms with Crippen LogP contribution in [0.4, 0.5) is 0 Å². The van der Waals surface area contributed by atoms with E-state index in [1.54, 1.807) is 6.07 Å². The minimum absolute atomic E-state index is 0.0710. The average molecular weight is 276 g/mol. The summed E-state index contributed by atoms with van der Waals surface area (Å²) in [6.07, 6.45) is 3.97. The third-order valence-corrected chi connectivity index (χ3v) is 3.95. The third kappa shape index (κ3) is 3.31. The Morgan fingerprint density at radius 1 is 1.50 bits per heavy atom. The van der Waals surface area contributed by atoms with Crippen molar-refractivity contribution in [3.05, 3.63) is 29.3 Å². The van der Waals surface area contributed by atoms with Crippen LogP contribution in [-0.4, -0.2) is 36.1 Å². The van der Waals surface area contributed by atoms with Gasteiger partial charge in [-0.15, -0.1) is 0 Å². The number of likely N-dealkylation sites (N-methyl/N-ethyl adjacent to an activating group) is 1. The van der Waals surface area contributed by atoms with E-state index < -0.39 is 0 Å². The topological polar surface area (TPSA) is 52.6 Å². The van der Waals surface area contributed by atoms with E-state index >= 15 is 0 Å². The molecule has 0 aliphatic heterocycles. The summed E-state index contributed by atoms with van der Waals surface area (Å²) in [6, 6.07) is 5.92. The van der Waals surface area contributed by atoms with E-state index in [-0.39, 0.29) is 11.9 Å². The van der Waals surface area contributed by atoms with Crippen molar-refractivity contribution in [2.45, 2.75) is 38.6 Å². The van der Waals surface area contributed by atoms with E-state index in [4.69, 9.17) is 0 Å². The molecule has 1 unspecified atom stereocenters. The maximum Gasteiger partial charge on any atom is 0.234 e. The van der Waals surface area contributed by atoms with Gasteiger partial charge in [0, 0.05) is 12.6 Å². The van der Waals surface area contributed by atoms with Gasteiger partial charge in [0.15, 0.2) is 0 Å². The van der Waals surface area contributed by atoms with E-state index in [1.165, 1.54) is 5.56 Å². The van der Waals surface area contributed by atoms with Gasteiger partial charge in [0.05, 0.1) is 6.54 Å². The molecule has 110 valence electrons. The molecule has 0 bridgehead atoms. The summed E-state index contributed by atoms with van der Waals surface area (Å²) in [5.41, 5.74) is 2.21. The second-order valence-electron chi connectivity index (χ2n) is 5.52. The maximum atomic E-state index is 11.8. The van der Waals surface area contributed by atoms with Crippen LogP contribution in [0.15, 0.2) is 18.2 Å². The van der Waals surface area contributed by atoms with Crippen LogP contribution in [0, 0.1) is 0 Å². The van der Waals surface area contributed by atoms with Crippen molar-refractivity contribution in [2.24, 2.45) is 0 Å². The number of phenols is 1. The van der Waals surface area contributed by atoms with Crippen LogP contribution in [0.25, 0.3) is 0 Å². The van der Waals surface area contributed by atoms with Crippen molar-refractivity contribution in [3.8, 4) is 5.75 Å². The lowest BCUT2D eigenvalue weighted by molar-refractivity contribution is -0.122. The number of hydrogen-bond donors (Lipinski definition) is 2. The van der Waals surface area contributed by atoms with Crippen LogP contribution in [0.2, 0.25) is 0 Å². The average Bonchev–Trinajstić information content (AvgIpc) is 2.45. The number of amides is 1. The molecule has 1 amide bonds. The Balaban J connectivity index is 2.07. The lowest BCUT2D eigenvalue weighted by atomic mass is 9.86. The fourth-order valence-electron chi connectivity index (χ4n) is 2.92. The molecule has 0 saturated heterocycles. The fraction of sp³-hybridized carbons (Fsp3) is 0.562. The molecule has 0 fully saturated rings. The van der Waals surface area contributed by atoms with Crippen molar-refractivity contribution in [1.82, 2.24) is 10.2 Å². The van der Waals surface area contributed by atoms with Gasteiger partial charge in [-0.25, -0.2) is 0 Å². The fourth-order valence-corrected chi connectivity index (χ4v) is 2.92. The Morgan fingerprint density at radius 2 is 2.30 bits per heavy atom. The third-order valence-electron chi connectivity index (χ3n) is 3.95. The molecule has 0 radical (unpaired) electrons. The number of benzene rings is 1. The standard InChI is InChI=1S/C16H24N2O2/c1-3-10-17-16(20)11-18(2)14-8-4-7-13-12(14)6-5-9-15(13)19/h5-6,9,14,19H,3-4,7-8,10-11H2,1-2H3,(H,17,20). The Morgan fingerprint density at radius 3 is 3.05 bits per heavy atom. The Hall–Kier alpha value is -1.55. The minimum Gasteiger partial charge on any atom is -0.508 e. The van der Waals surface area contributed by atoms with Gasteiger partial charge in [-0.3, -0.25) is 9.69 Å². The minimum atomic E-state index is 0.0710. The number of carbonyl (C=O) groups excluding carboxylic acids is 1. The number of aromatic hydroxyl groups is 1. The van der Waals surface area contributed by atoms with E-state index in [0.29, 0.717) is 12.3 Å². The molecule has 0 spiro atoms. The quantitative estimate of drug-likeness (QED) is 0.867. The molecule has 1 aromatic rings. The number of nitrogens with zero attached hydrogens (tertiary/aromatic N) is 1. The second-order valence-corrected chi connectivity index (χ2v) is 5.52. The molecule has 1 aliphatic carbocycles. The monoisotopic (exact) mass is 276 g/mol. The molecule has 4 nitrogen and oxygen atoms in total. The first-order valence-corrected chi connectivity index (χ1v) is 7.41. The summed E-state index contributed by atoms with van der Waals surface area (Å²) >= 11 is 0. The van der Waals surface area contributed by atoms with Gasteiger partial charge in [-0.05, 0) is 49.9 Å². The van der Waals surface area contributed by atoms with E-state index in [2.05, 4.69) is 16.3 Å². The highest BCUT2D eigenvalue weighted by Crippen LogP contribution is 2.37. The van der Waals surface area contributed by atoms with Gasteiger partial charge < -0.3 is 10.4 Å². The van der Waals surface area contributed by atoms with Gasteiger partial charge in [0.1, 0.15) is 5.75 Å². The number of fused-ring (bicyclic) bond motifs is 1. The van der Waals surface area contributed by atoms with Crippen LogP contribution in [-0.2, 0) is 11.2 Å². The highest BCUT2D eigenvalue weighted by atomic mass is 16.3. The number of nitrogens with one attached hydrogen (secondary N) is 1. The normalized spacial score (nSPS) is 17.9. The maximum absolute atomic E-state index is 11.8. The van der Waals surface area contributed by atoms with Gasteiger partial charge >= 0.3 is 0 Å². The largest absolute Gasteiger partial charge is 0.508 e. The van der Waals surface area contributed by atoms with Crippen LogP contribution in [0.3, 0.4) is 0 Å². The van der Waals surface area contributed by atoms with Crippen LogP contribution in [0.5, 0.6) is 5.75 Å². The van der Waals surface area contributed by atoms with Crippen molar-refractivity contribution in [3.63, 3.8) is 0 Å². The van der Waals surface area contributed by atoms with Gasteiger partial charge in [0.25, 0.3) is 0 Å². The molecule has 2 rings (SSSR count). The van der Waals surface area contributed by atoms with Gasteiger partial charge in [-0.2, -0.15) is 0 Å². The first-order chi connectivity index (χ1) is 9.63. The first kappa shape index (κ1) is 14.9. The SMILES string of the molecule is CCCNC(=O)CN(C)C1CCCc2c(O)cccc21. The summed E-state index contributed by atoms with van der Waals surface area (Å²) in [5, 5.41) is 12.9. The number of rotatable bonds is 5. The highest BCUT2D eigenvalue weighted by Gasteiger charge is 2.26. The molecule has 0 aromatic heterocycles. The Bertz CT molecular complexity index is 474. The van der Waals surface area contributed by atoms with E-state index in [0.717, 1.165) is 37.8 Å². The van der Waals surface area contributed by atoms with Crippen molar-refractivity contribution in [2.75, 3.05) is 20.1 Å². The summed E-state index contributed by atoms with van der Waals surface area (Å²) in [5.74, 6) is 0.456. The molecular formula is C16H24N2O2. The zero-order valence-electron chi connectivity index (χ0n) is 12.4. The smallest absolute Gasteiger partial charge is 0.234 e.